The second kappa shape index (κ2) is 8.65. The van der Waals surface area contributed by atoms with E-state index in [9.17, 15) is 0 Å². The summed E-state index contributed by atoms with van der Waals surface area (Å²) in [4.78, 5) is 3.86. The first-order valence-corrected chi connectivity index (χ1v) is 5.54. The van der Waals surface area contributed by atoms with Crippen LogP contribution >= 0.6 is 11.8 Å². The molecule has 0 saturated carbocycles. The highest BCUT2D eigenvalue weighted by Gasteiger charge is 1.77. The summed E-state index contributed by atoms with van der Waals surface area (Å²) in [6.07, 6.45) is 5.53. The maximum atomic E-state index is 3.86. The van der Waals surface area contributed by atoms with Crippen LogP contribution in [0.4, 0.5) is 0 Å². The Bertz CT molecular complexity index is 159. The molecule has 0 saturated heterocycles. The highest BCUT2D eigenvalue weighted by atomic mass is 32.2. The summed E-state index contributed by atoms with van der Waals surface area (Å²) in [6, 6.07) is 0. The molecule has 0 unspecified atom stereocenters. The standard InChI is InChI=1S/C5H8N2.C4H10S/c1-2-7-4-3-6-5-7;1-3-5-4-2/h3-5H,2H2,1H3;3-4H2,1-2H3. The summed E-state index contributed by atoms with van der Waals surface area (Å²) in [5, 5.41) is 0. The fourth-order valence-electron chi connectivity index (χ4n) is 0.678. The maximum absolute atomic E-state index is 3.86. The van der Waals surface area contributed by atoms with Gasteiger partial charge in [-0.2, -0.15) is 11.8 Å². The van der Waals surface area contributed by atoms with Gasteiger partial charge in [0.2, 0.25) is 0 Å². The van der Waals surface area contributed by atoms with Crippen molar-refractivity contribution in [2.24, 2.45) is 0 Å². The van der Waals surface area contributed by atoms with Crippen LogP contribution in [0, 0.1) is 0 Å². The first-order valence-electron chi connectivity index (χ1n) is 4.38. The minimum Gasteiger partial charge on any atom is -0.338 e. The molecule has 0 fully saturated rings. The number of rotatable bonds is 3. The van der Waals surface area contributed by atoms with E-state index in [4.69, 9.17) is 0 Å². The number of aryl methyl sites for hydroxylation is 1. The first-order chi connectivity index (χ1) is 5.85. The summed E-state index contributed by atoms with van der Waals surface area (Å²) in [5.41, 5.74) is 0. The van der Waals surface area contributed by atoms with Gasteiger partial charge in [0.15, 0.2) is 0 Å². The number of hydrogen-bond donors (Lipinski definition) is 0. The zero-order valence-corrected chi connectivity index (χ0v) is 8.97. The Kier molecular flexibility index (Phi) is 8.34. The van der Waals surface area contributed by atoms with Gasteiger partial charge >= 0.3 is 0 Å². The Balaban J connectivity index is 0.000000217. The van der Waals surface area contributed by atoms with Gasteiger partial charge in [0, 0.05) is 18.9 Å². The van der Waals surface area contributed by atoms with E-state index in [1.807, 2.05) is 22.5 Å². The fraction of sp³-hybridized carbons (Fsp3) is 0.667. The number of aromatic nitrogens is 2. The fourth-order valence-corrected chi connectivity index (χ4v) is 1.09. The highest BCUT2D eigenvalue weighted by molar-refractivity contribution is 7.99. The van der Waals surface area contributed by atoms with Gasteiger partial charge in [-0.3, -0.25) is 0 Å². The average Bonchev–Trinajstić information content (AvgIpc) is 2.58. The van der Waals surface area contributed by atoms with Crippen LogP contribution in [0.15, 0.2) is 18.7 Å². The number of imidazole rings is 1. The van der Waals surface area contributed by atoms with Crippen molar-refractivity contribution < 1.29 is 0 Å². The van der Waals surface area contributed by atoms with Crippen LogP contribution in [-0.2, 0) is 6.54 Å². The maximum Gasteiger partial charge on any atom is 0.0945 e. The Hall–Kier alpha value is -0.440. The summed E-state index contributed by atoms with van der Waals surface area (Å²) in [6.45, 7) is 7.45. The molecular weight excluding hydrogens is 168 g/mol. The van der Waals surface area contributed by atoms with Crippen molar-refractivity contribution in [1.29, 1.82) is 0 Å². The topological polar surface area (TPSA) is 17.8 Å². The van der Waals surface area contributed by atoms with Gasteiger partial charge in [-0.05, 0) is 18.4 Å². The normalized spacial score (nSPS) is 8.92. The molecule has 0 bridgehead atoms. The molecule has 12 heavy (non-hydrogen) atoms. The van der Waals surface area contributed by atoms with Crippen LogP contribution in [0.2, 0.25) is 0 Å². The molecule has 0 aliphatic carbocycles. The van der Waals surface area contributed by atoms with Crippen molar-refractivity contribution in [2.75, 3.05) is 11.5 Å². The molecule has 0 aromatic carbocycles. The Labute approximate surface area is 79.4 Å². The van der Waals surface area contributed by atoms with Crippen molar-refractivity contribution in [3.05, 3.63) is 18.7 Å². The molecule has 0 amide bonds. The lowest BCUT2D eigenvalue weighted by Gasteiger charge is -1.87. The lowest BCUT2D eigenvalue weighted by atomic mass is 10.7. The van der Waals surface area contributed by atoms with E-state index in [1.165, 1.54) is 11.5 Å². The zero-order chi connectivity index (χ0) is 9.23. The zero-order valence-electron chi connectivity index (χ0n) is 8.16. The molecule has 0 aliphatic heterocycles. The Morgan fingerprint density at radius 3 is 2.08 bits per heavy atom. The van der Waals surface area contributed by atoms with Crippen LogP contribution in [-0.4, -0.2) is 21.1 Å². The molecule has 0 atom stereocenters. The number of thioether (sulfide) groups is 1. The summed E-state index contributed by atoms with van der Waals surface area (Å²) < 4.78 is 2.01. The quantitative estimate of drug-likeness (QED) is 0.722. The molecule has 1 aromatic heterocycles. The van der Waals surface area contributed by atoms with E-state index < -0.39 is 0 Å². The molecule has 1 rings (SSSR count). The van der Waals surface area contributed by atoms with E-state index in [1.54, 1.807) is 12.5 Å². The molecule has 1 heterocycles. The Morgan fingerprint density at radius 1 is 1.25 bits per heavy atom. The van der Waals surface area contributed by atoms with Crippen LogP contribution in [0.1, 0.15) is 20.8 Å². The van der Waals surface area contributed by atoms with Gasteiger partial charge in [0.1, 0.15) is 0 Å². The van der Waals surface area contributed by atoms with Crippen molar-refractivity contribution >= 4 is 11.8 Å². The van der Waals surface area contributed by atoms with E-state index in [0.717, 1.165) is 6.54 Å². The summed E-state index contributed by atoms with van der Waals surface area (Å²) in [5.74, 6) is 2.52. The van der Waals surface area contributed by atoms with Gasteiger partial charge < -0.3 is 4.57 Å². The highest BCUT2D eigenvalue weighted by Crippen LogP contribution is 1.93. The van der Waals surface area contributed by atoms with Crippen LogP contribution < -0.4 is 0 Å². The van der Waals surface area contributed by atoms with E-state index in [0.29, 0.717) is 0 Å². The van der Waals surface area contributed by atoms with E-state index in [-0.39, 0.29) is 0 Å². The molecule has 0 radical (unpaired) electrons. The SMILES string of the molecule is CCSCC.CCn1ccnc1. The van der Waals surface area contributed by atoms with E-state index in [2.05, 4.69) is 25.8 Å². The molecule has 1 aromatic rings. The molecule has 2 nitrogen and oxygen atoms in total. The third kappa shape index (κ3) is 6.28. The van der Waals surface area contributed by atoms with Gasteiger partial charge in [0.25, 0.3) is 0 Å². The molecule has 3 heteroatoms. The minimum atomic E-state index is 1.01. The van der Waals surface area contributed by atoms with Crippen molar-refractivity contribution in [2.45, 2.75) is 27.3 Å². The molecule has 70 valence electrons. The van der Waals surface area contributed by atoms with Crippen LogP contribution in [0.3, 0.4) is 0 Å². The molecule has 0 N–H and O–H groups in total. The molecule has 0 aliphatic rings. The van der Waals surface area contributed by atoms with Crippen LogP contribution in [0.25, 0.3) is 0 Å². The smallest absolute Gasteiger partial charge is 0.0945 e. The summed E-state index contributed by atoms with van der Waals surface area (Å²) >= 11 is 1.96. The van der Waals surface area contributed by atoms with Gasteiger partial charge in [-0.1, -0.05) is 13.8 Å². The van der Waals surface area contributed by atoms with Gasteiger partial charge in [-0.15, -0.1) is 0 Å². The predicted octanol–water partition coefficient (Wildman–Crippen LogP) is 2.66. The minimum absolute atomic E-state index is 1.01. The second-order valence-electron chi connectivity index (χ2n) is 2.17. The number of hydrogen-bond acceptors (Lipinski definition) is 2. The number of nitrogens with zero attached hydrogens (tertiary/aromatic N) is 2. The van der Waals surface area contributed by atoms with Crippen molar-refractivity contribution in [3.8, 4) is 0 Å². The average molecular weight is 186 g/mol. The molecular formula is C9H18N2S. The Morgan fingerprint density at radius 2 is 1.92 bits per heavy atom. The lowest BCUT2D eigenvalue weighted by molar-refractivity contribution is 0.761. The lowest BCUT2D eigenvalue weighted by Crippen LogP contribution is -1.85. The van der Waals surface area contributed by atoms with Crippen molar-refractivity contribution in [1.82, 2.24) is 9.55 Å². The third-order valence-electron chi connectivity index (χ3n) is 1.33. The third-order valence-corrected chi connectivity index (χ3v) is 2.15. The second-order valence-corrected chi connectivity index (χ2v) is 3.74. The largest absolute Gasteiger partial charge is 0.338 e. The van der Waals surface area contributed by atoms with E-state index >= 15 is 0 Å². The monoisotopic (exact) mass is 186 g/mol. The van der Waals surface area contributed by atoms with Crippen LogP contribution in [0.5, 0.6) is 0 Å². The predicted molar refractivity (Wildman–Crippen MR) is 56.6 cm³/mol. The van der Waals surface area contributed by atoms with Gasteiger partial charge in [-0.25, -0.2) is 4.98 Å². The van der Waals surface area contributed by atoms with Gasteiger partial charge in [0.05, 0.1) is 6.33 Å². The first kappa shape index (κ1) is 11.6. The molecule has 0 spiro atoms. The van der Waals surface area contributed by atoms with Crippen molar-refractivity contribution in [3.63, 3.8) is 0 Å². The summed E-state index contributed by atoms with van der Waals surface area (Å²) in [7, 11) is 0.